The number of anilines is 1. The van der Waals surface area contributed by atoms with Crippen LogP contribution < -0.4 is 10.2 Å². The molecule has 3 heterocycles. The summed E-state index contributed by atoms with van der Waals surface area (Å²) in [5, 5.41) is 3.23. The number of fused-ring (bicyclic) bond motifs is 3. The third kappa shape index (κ3) is 2.67. The molecule has 23 heavy (non-hydrogen) atoms. The summed E-state index contributed by atoms with van der Waals surface area (Å²) in [5.41, 5.74) is 2.43. The first-order valence-electron chi connectivity index (χ1n) is 8.63. The molecule has 5 heteroatoms. The highest BCUT2D eigenvalue weighted by Crippen LogP contribution is 2.34. The number of benzene rings is 1. The van der Waals surface area contributed by atoms with Crippen molar-refractivity contribution >= 4 is 11.7 Å². The number of rotatable bonds is 1. The third-order valence-corrected chi connectivity index (χ3v) is 5.49. The standard InChI is InChI=1S/C18H25N3O2/c1-12-10-20(2)16-6-4-3-5-13(16)11-21(12)18(22)19-15-9-14-7-8-17(15)23-14/h3-6,12,14-15,17H,7-11H2,1-2H3,(H,19,22)/t12-,14+,15+,17+/m0/s1. The number of carbonyl (C=O) groups is 1. The molecule has 2 fully saturated rings. The lowest BCUT2D eigenvalue weighted by molar-refractivity contribution is 0.0963. The van der Waals surface area contributed by atoms with E-state index in [0.29, 0.717) is 12.6 Å². The molecule has 2 saturated heterocycles. The van der Waals surface area contributed by atoms with E-state index >= 15 is 0 Å². The summed E-state index contributed by atoms with van der Waals surface area (Å²) in [6.07, 6.45) is 3.78. The summed E-state index contributed by atoms with van der Waals surface area (Å²) in [7, 11) is 2.10. The molecule has 0 radical (unpaired) electrons. The van der Waals surface area contributed by atoms with Gasteiger partial charge in [-0.2, -0.15) is 0 Å². The Morgan fingerprint density at radius 3 is 2.87 bits per heavy atom. The van der Waals surface area contributed by atoms with Gasteiger partial charge in [0.05, 0.1) is 18.2 Å². The molecular formula is C18H25N3O2. The molecule has 3 aliphatic rings. The average molecular weight is 315 g/mol. The van der Waals surface area contributed by atoms with E-state index < -0.39 is 0 Å². The van der Waals surface area contributed by atoms with Gasteiger partial charge < -0.3 is 19.9 Å². The molecule has 1 aromatic rings. The summed E-state index contributed by atoms with van der Waals surface area (Å²) in [6.45, 7) is 3.63. The molecule has 2 bridgehead atoms. The van der Waals surface area contributed by atoms with E-state index in [-0.39, 0.29) is 24.2 Å². The van der Waals surface area contributed by atoms with Gasteiger partial charge in [-0.3, -0.25) is 0 Å². The van der Waals surface area contributed by atoms with E-state index in [9.17, 15) is 4.79 Å². The van der Waals surface area contributed by atoms with Crippen molar-refractivity contribution in [3.8, 4) is 0 Å². The van der Waals surface area contributed by atoms with E-state index in [0.717, 1.165) is 25.8 Å². The Morgan fingerprint density at radius 1 is 1.30 bits per heavy atom. The minimum absolute atomic E-state index is 0.0451. The zero-order valence-electron chi connectivity index (χ0n) is 13.9. The number of carbonyl (C=O) groups excluding carboxylic acids is 1. The minimum atomic E-state index is 0.0451. The van der Waals surface area contributed by atoms with Crippen LogP contribution in [0.5, 0.6) is 0 Å². The zero-order valence-corrected chi connectivity index (χ0v) is 13.9. The second-order valence-corrected chi connectivity index (χ2v) is 7.15. The van der Waals surface area contributed by atoms with Gasteiger partial charge in [-0.05, 0) is 37.8 Å². The van der Waals surface area contributed by atoms with Crippen LogP contribution in [0.15, 0.2) is 24.3 Å². The largest absolute Gasteiger partial charge is 0.373 e. The summed E-state index contributed by atoms with van der Waals surface area (Å²) >= 11 is 0. The maximum absolute atomic E-state index is 12.9. The second-order valence-electron chi connectivity index (χ2n) is 7.15. The van der Waals surface area contributed by atoms with Gasteiger partial charge in [-0.25, -0.2) is 4.79 Å². The fourth-order valence-electron chi connectivity index (χ4n) is 4.25. The number of ether oxygens (including phenoxy) is 1. The SMILES string of the molecule is C[C@H]1CN(C)c2ccccc2CN1C(=O)N[C@@H]1C[C@H]2CC[C@H]1O2. The predicted molar refractivity (Wildman–Crippen MR) is 89.5 cm³/mol. The highest BCUT2D eigenvalue weighted by atomic mass is 16.5. The first kappa shape index (κ1) is 14.8. The van der Waals surface area contributed by atoms with E-state index in [2.05, 4.69) is 42.4 Å². The molecule has 0 aliphatic carbocycles. The molecule has 0 saturated carbocycles. The summed E-state index contributed by atoms with van der Waals surface area (Å²) < 4.78 is 5.86. The van der Waals surface area contributed by atoms with Crippen molar-refractivity contribution in [3.05, 3.63) is 29.8 Å². The predicted octanol–water partition coefficient (Wildman–Crippen LogP) is 2.36. The lowest BCUT2D eigenvalue weighted by atomic mass is 9.96. The topological polar surface area (TPSA) is 44.8 Å². The Morgan fingerprint density at radius 2 is 2.13 bits per heavy atom. The van der Waals surface area contributed by atoms with Crippen LogP contribution in [-0.4, -0.2) is 48.8 Å². The molecular weight excluding hydrogens is 290 g/mol. The van der Waals surface area contributed by atoms with Gasteiger partial charge in [0.25, 0.3) is 0 Å². The zero-order chi connectivity index (χ0) is 16.0. The van der Waals surface area contributed by atoms with Crippen molar-refractivity contribution in [2.45, 2.75) is 57.0 Å². The fraction of sp³-hybridized carbons (Fsp3) is 0.611. The van der Waals surface area contributed by atoms with E-state index in [4.69, 9.17) is 4.74 Å². The molecule has 0 unspecified atom stereocenters. The van der Waals surface area contributed by atoms with Gasteiger partial charge in [-0.1, -0.05) is 18.2 Å². The highest BCUT2D eigenvalue weighted by molar-refractivity contribution is 5.76. The summed E-state index contributed by atoms with van der Waals surface area (Å²) in [5.74, 6) is 0. The number of hydrogen-bond donors (Lipinski definition) is 1. The van der Waals surface area contributed by atoms with Crippen molar-refractivity contribution in [2.24, 2.45) is 0 Å². The van der Waals surface area contributed by atoms with E-state index in [1.807, 2.05) is 11.0 Å². The van der Waals surface area contributed by atoms with E-state index in [1.165, 1.54) is 11.3 Å². The monoisotopic (exact) mass is 315 g/mol. The maximum atomic E-state index is 12.9. The van der Waals surface area contributed by atoms with E-state index in [1.54, 1.807) is 0 Å². The molecule has 4 atom stereocenters. The van der Waals surface area contributed by atoms with Gasteiger partial charge >= 0.3 is 6.03 Å². The van der Waals surface area contributed by atoms with Crippen LogP contribution >= 0.6 is 0 Å². The number of likely N-dealkylation sites (N-methyl/N-ethyl adjacent to an activating group) is 1. The van der Waals surface area contributed by atoms with Crippen LogP contribution in [0.4, 0.5) is 10.5 Å². The number of para-hydroxylation sites is 1. The molecule has 1 N–H and O–H groups in total. The van der Waals surface area contributed by atoms with Gasteiger partial charge in [0.2, 0.25) is 0 Å². The molecule has 0 spiro atoms. The number of hydrogen-bond acceptors (Lipinski definition) is 3. The Labute approximate surface area is 137 Å². The first-order chi connectivity index (χ1) is 11.1. The Hall–Kier alpha value is -1.75. The second kappa shape index (κ2) is 5.71. The van der Waals surface area contributed by atoms with Crippen molar-refractivity contribution in [1.29, 1.82) is 0 Å². The average Bonchev–Trinajstić information content (AvgIpc) is 3.12. The molecule has 2 amide bonds. The van der Waals surface area contributed by atoms with Crippen LogP contribution in [0.2, 0.25) is 0 Å². The fourth-order valence-corrected chi connectivity index (χ4v) is 4.25. The van der Waals surface area contributed by atoms with Crippen LogP contribution in [0, 0.1) is 0 Å². The van der Waals surface area contributed by atoms with Crippen LogP contribution in [0.3, 0.4) is 0 Å². The summed E-state index contributed by atoms with van der Waals surface area (Å²) in [6, 6.07) is 8.75. The van der Waals surface area contributed by atoms with Crippen LogP contribution in [-0.2, 0) is 11.3 Å². The van der Waals surface area contributed by atoms with Crippen molar-refractivity contribution in [3.63, 3.8) is 0 Å². The van der Waals surface area contributed by atoms with Crippen molar-refractivity contribution in [2.75, 3.05) is 18.5 Å². The first-order valence-corrected chi connectivity index (χ1v) is 8.63. The molecule has 124 valence electrons. The van der Waals surface area contributed by atoms with Gasteiger partial charge in [0, 0.05) is 31.9 Å². The molecule has 1 aromatic carbocycles. The Bertz CT molecular complexity index is 606. The lowest BCUT2D eigenvalue weighted by Gasteiger charge is -2.31. The quantitative estimate of drug-likeness (QED) is 0.865. The Balaban J connectivity index is 1.50. The van der Waals surface area contributed by atoms with Gasteiger partial charge in [-0.15, -0.1) is 0 Å². The molecule has 3 aliphatic heterocycles. The maximum Gasteiger partial charge on any atom is 0.318 e. The summed E-state index contributed by atoms with van der Waals surface area (Å²) in [4.78, 5) is 17.1. The van der Waals surface area contributed by atoms with Gasteiger partial charge in [0.1, 0.15) is 0 Å². The van der Waals surface area contributed by atoms with Crippen molar-refractivity contribution < 1.29 is 9.53 Å². The van der Waals surface area contributed by atoms with Crippen molar-refractivity contribution in [1.82, 2.24) is 10.2 Å². The highest BCUT2D eigenvalue weighted by Gasteiger charge is 2.42. The smallest absolute Gasteiger partial charge is 0.318 e. The molecule has 4 rings (SSSR count). The Kier molecular flexibility index (Phi) is 3.68. The number of nitrogens with one attached hydrogen (secondary N) is 1. The van der Waals surface area contributed by atoms with Gasteiger partial charge in [0.15, 0.2) is 0 Å². The molecule has 0 aromatic heterocycles. The minimum Gasteiger partial charge on any atom is -0.373 e. The third-order valence-electron chi connectivity index (χ3n) is 5.49. The number of urea groups is 1. The molecule has 5 nitrogen and oxygen atoms in total. The normalized spacial score (nSPS) is 32.6. The van der Waals surface area contributed by atoms with Crippen LogP contribution in [0.25, 0.3) is 0 Å². The van der Waals surface area contributed by atoms with Crippen LogP contribution in [0.1, 0.15) is 31.7 Å². The number of nitrogens with zero attached hydrogens (tertiary/aromatic N) is 2. The lowest BCUT2D eigenvalue weighted by Crippen LogP contribution is -2.51. The number of amides is 2.